The fourth-order valence-corrected chi connectivity index (χ4v) is 3.05. The first-order valence-electron chi connectivity index (χ1n) is 10.5. The average Bonchev–Trinajstić information content (AvgIpc) is 2.80. The molecule has 8 heteroatoms. The summed E-state index contributed by atoms with van der Waals surface area (Å²) in [4.78, 5) is 24.9. The molecule has 1 aromatic heterocycles. The number of benzene rings is 1. The predicted molar refractivity (Wildman–Crippen MR) is 139 cm³/mol. The van der Waals surface area contributed by atoms with Crippen LogP contribution >= 0.6 is 24.0 Å². The Kier molecular flexibility index (Phi) is 13.3. The molecule has 0 unspecified atom stereocenters. The van der Waals surface area contributed by atoms with E-state index in [1.807, 2.05) is 31.3 Å². The Hall–Kier alpha value is -2.36. The summed E-state index contributed by atoms with van der Waals surface area (Å²) in [7, 11) is 3.53. The Balaban J connectivity index is 0.00000480. The number of rotatable bonds is 11. The van der Waals surface area contributed by atoms with Gasteiger partial charge in [0.05, 0.1) is 6.54 Å². The number of hydrogen-bond donors (Lipinski definition) is 2. The number of amides is 1. The Morgan fingerprint density at radius 1 is 1.06 bits per heavy atom. The van der Waals surface area contributed by atoms with Gasteiger partial charge in [-0.3, -0.25) is 14.8 Å². The molecule has 0 aliphatic heterocycles. The number of aliphatic imine (C=N–C) groups is 1. The molecular formula is C23H35IN6O. The molecule has 1 amide bonds. The van der Waals surface area contributed by atoms with Gasteiger partial charge < -0.3 is 20.4 Å². The second kappa shape index (κ2) is 15.4. The van der Waals surface area contributed by atoms with Gasteiger partial charge in [-0.05, 0) is 37.6 Å². The predicted octanol–water partition coefficient (Wildman–Crippen LogP) is 2.78. The molecule has 0 atom stereocenters. The van der Waals surface area contributed by atoms with Crippen LogP contribution in [0.25, 0.3) is 0 Å². The lowest BCUT2D eigenvalue weighted by atomic mass is 10.2. The zero-order valence-electron chi connectivity index (χ0n) is 18.8. The van der Waals surface area contributed by atoms with Crippen molar-refractivity contribution in [1.29, 1.82) is 0 Å². The standard InChI is InChI=1S/C23H34N6O.HI/c1-4-29(21-12-6-5-7-13-21)17-10-16-26-23(24-2)27-19-22(30)28(3)18-14-20-11-8-9-15-25-20;/h5-9,11-13,15H,4,10,14,16-19H2,1-3H3,(H2,24,26,27);1H. The number of hydrogen-bond acceptors (Lipinski definition) is 4. The minimum atomic E-state index is 0. The van der Waals surface area contributed by atoms with E-state index in [1.54, 1.807) is 18.1 Å². The highest BCUT2D eigenvalue weighted by atomic mass is 127. The fourth-order valence-electron chi connectivity index (χ4n) is 3.05. The first-order chi connectivity index (χ1) is 14.6. The summed E-state index contributed by atoms with van der Waals surface area (Å²) < 4.78 is 0. The Morgan fingerprint density at radius 2 is 1.81 bits per heavy atom. The Morgan fingerprint density at radius 3 is 2.45 bits per heavy atom. The maximum atomic E-state index is 12.4. The average molecular weight is 538 g/mol. The van der Waals surface area contributed by atoms with Crippen LogP contribution in [0.4, 0.5) is 5.69 Å². The van der Waals surface area contributed by atoms with Crippen LogP contribution in [0.5, 0.6) is 0 Å². The number of carbonyl (C=O) groups excluding carboxylic acids is 1. The molecule has 0 bridgehead atoms. The molecule has 1 heterocycles. The topological polar surface area (TPSA) is 72.9 Å². The van der Waals surface area contributed by atoms with E-state index >= 15 is 0 Å². The molecule has 0 saturated heterocycles. The van der Waals surface area contributed by atoms with Gasteiger partial charge in [0, 0.05) is 64.3 Å². The van der Waals surface area contributed by atoms with Crippen LogP contribution < -0.4 is 15.5 Å². The SMILES string of the molecule is CCN(CCCNC(=NC)NCC(=O)N(C)CCc1ccccn1)c1ccccc1.I. The maximum absolute atomic E-state index is 12.4. The van der Waals surface area contributed by atoms with Crippen LogP contribution in [0.3, 0.4) is 0 Å². The zero-order chi connectivity index (χ0) is 21.6. The molecular weight excluding hydrogens is 503 g/mol. The van der Waals surface area contributed by atoms with E-state index < -0.39 is 0 Å². The monoisotopic (exact) mass is 538 g/mol. The summed E-state index contributed by atoms with van der Waals surface area (Å²) in [5.41, 5.74) is 2.22. The molecule has 2 aromatic rings. The van der Waals surface area contributed by atoms with E-state index in [-0.39, 0.29) is 36.4 Å². The number of guanidine groups is 1. The molecule has 31 heavy (non-hydrogen) atoms. The number of carbonyl (C=O) groups is 1. The van der Waals surface area contributed by atoms with Gasteiger partial charge in [0.25, 0.3) is 0 Å². The van der Waals surface area contributed by atoms with Crippen molar-refractivity contribution in [2.45, 2.75) is 19.8 Å². The third-order valence-electron chi connectivity index (χ3n) is 4.89. The van der Waals surface area contributed by atoms with Crippen LogP contribution in [0.15, 0.2) is 59.7 Å². The summed E-state index contributed by atoms with van der Waals surface area (Å²) in [5.74, 6) is 0.666. The van der Waals surface area contributed by atoms with Crippen LogP contribution in [0.2, 0.25) is 0 Å². The maximum Gasteiger partial charge on any atom is 0.241 e. The summed E-state index contributed by atoms with van der Waals surface area (Å²) in [6, 6.07) is 16.2. The minimum Gasteiger partial charge on any atom is -0.372 e. The third-order valence-corrected chi connectivity index (χ3v) is 4.89. The van der Waals surface area contributed by atoms with Crippen molar-refractivity contribution in [3.8, 4) is 0 Å². The number of aromatic nitrogens is 1. The second-order valence-corrected chi connectivity index (χ2v) is 7.01. The number of pyridine rings is 1. The molecule has 0 saturated carbocycles. The molecule has 0 aliphatic carbocycles. The number of para-hydroxylation sites is 1. The van der Waals surface area contributed by atoms with Crippen LogP contribution in [-0.2, 0) is 11.2 Å². The highest BCUT2D eigenvalue weighted by Crippen LogP contribution is 2.12. The largest absolute Gasteiger partial charge is 0.372 e. The molecule has 0 fully saturated rings. The van der Waals surface area contributed by atoms with Crippen LogP contribution in [0.1, 0.15) is 19.0 Å². The Bertz CT molecular complexity index is 772. The van der Waals surface area contributed by atoms with E-state index in [0.29, 0.717) is 12.5 Å². The van der Waals surface area contributed by atoms with Gasteiger partial charge >= 0.3 is 0 Å². The van der Waals surface area contributed by atoms with Gasteiger partial charge in [0.15, 0.2) is 5.96 Å². The quantitative estimate of drug-likeness (QED) is 0.199. The lowest BCUT2D eigenvalue weighted by Crippen LogP contribution is -2.44. The third kappa shape index (κ3) is 9.99. The minimum absolute atomic E-state index is 0. The molecule has 0 radical (unpaired) electrons. The highest BCUT2D eigenvalue weighted by Gasteiger charge is 2.10. The Labute approximate surface area is 203 Å². The molecule has 1 aromatic carbocycles. The molecule has 0 spiro atoms. The lowest BCUT2D eigenvalue weighted by Gasteiger charge is -2.23. The fraction of sp³-hybridized carbons (Fsp3) is 0.435. The lowest BCUT2D eigenvalue weighted by molar-refractivity contribution is -0.128. The zero-order valence-corrected chi connectivity index (χ0v) is 21.1. The van der Waals surface area contributed by atoms with Gasteiger partial charge in [0.1, 0.15) is 0 Å². The number of halogens is 1. The summed E-state index contributed by atoms with van der Waals surface area (Å²) in [6.45, 7) is 5.72. The van der Waals surface area contributed by atoms with E-state index in [4.69, 9.17) is 0 Å². The summed E-state index contributed by atoms with van der Waals surface area (Å²) in [6.07, 6.45) is 3.49. The van der Waals surface area contributed by atoms with Crippen molar-refractivity contribution in [1.82, 2.24) is 20.5 Å². The second-order valence-electron chi connectivity index (χ2n) is 7.01. The van der Waals surface area contributed by atoms with Crippen LogP contribution in [0, 0.1) is 0 Å². The molecule has 0 aliphatic rings. The van der Waals surface area contributed by atoms with Gasteiger partial charge in [-0.2, -0.15) is 0 Å². The molecule has 2 rings (SSSR count). The van der Waals surface area contributed by atoms with Crippen molar-refractivity contribution < 1.29 is 4.79 Å². The molecule has 2 N–H and O–H groups in total. The van der Waals surface area contributed by atoms with E-state index in [9.17, 15) is 4.79 Å². The van der Waals surface area contributed by atoms with E-state index in [0.717, 1.165) is 38.2 Å². The van der Waals surface area contributed by atoms with Crippen molar-refractivity contribution in [2.75, 3.05) is 51.7 Å². The van der Waals surface area contributed by atoms with Crippen molar-refractivity contribution in [3.63, 3.8) is 0 Å². The normalized spacial score (nSPS) is 10.7. The first-order valence-corrected chi connectivity index (χ1v) is 10.5. The molecule has 170 valence electrons. The number of nitrogens with zero attached hydrogens (tertiary/aromatic N) is 4. The van der Waals surface area contributed by atoms with E-state index in [2.05, 4.69) is 56.7 Å². The van der Waals surface area contributed by atoms with Crippen molar-refractivity contribution >= 4 is 41.5 Å². The van der Waals surface area contributed by atoms with Gasteiger partial charge in [-0.1, -0.05) is 24.3 Å². The van der Waals surface area contributed by atoms with Gasteiger partial charge in [-0.15, -0.1) is 24.0 Å². The van der Waals surface area contributed by atoms with Gasteiger partial charge in [0.2, 0.25) is 5.91 Å². The summed E-state index contributed by atoms with van der Waals surface area (Å²) >= 11 is 0. The first kappa shape index (κ1) is 26.7. The van der Waals surface area contributed by atoms with Gasteiger partial charge in [-0.25, -0.2) is 0 Å². The smallest absolute Gasteiger partial charge is 0.241 e. The summed E-state index contributed by atoms with van der Waals surface area (Å²) in [5, 5.41) is 6.38. The van der Waals surface area contributed by atoms with Crippen molar-refractivity contribution in [2.24, 2.45) is 4.99 Å². The number of likely N-dealkylation sites (N-methyl/N-ethyl adjacent to an activating group) is 1. The highest BCUT2D eigenvalue weighted by molar-refractivity contribution is 14.0. The van der Waals surface area contributed by atoms with Crippen molar-refractivity contribution in [3.05, 3.63) is 60.4 Å². The molecule has 7 nitrogen and oxygen atoms in total. The number of anilines is 1. The number of nitrogens with one attached hydrogen (secondary N) is 2. The van der Waals surface area contributed by atoms with E-state index in [1.165, 1.54) is 5.69 Å². The van der Waals surface area contributed by atoms with Crippen LogP contribution in [-0.4, -0.2) is 68.6 Å².